The molecule has 0 saturated carbocycles. The molecule has 0 radical (unpaired) electrons. The Bertz CT molecular complexity index is 970. The third-order valence-electron chi connectivity index (χ3n) is 4.21. The van der Waals surface area contributed by atoms with Gasteiger partial charge in [0.2, 0.25) is 6.10 Å². The average Bonchev–Trinajstić information content (AvgIpc) is 2.78. The molecule has 0 unspecified atom stereocenters. The van der Waals surface area contributed by atoms with E-state index in [1.807, 2.05) is 30.3 Å². The zero-order valence-corrected chi connectivity index (χ0v) is 16.1. The molecule has 6 heteroatoms. The SMILES string of the molecule is COC(=O)c1ccc(O[C@H](C(=O)Nc2cccc(OC)c2)c2ccccc2)cc1. The summed E-state index contributed by atoms with van der Waals surface area (Å²) in [5.74, 6) is 0.319. The van der Waals surface area contributed by atoms with Crippen LogP contribution in [0.4, 0.5) is 5.69 Å². The van der Waals surface area contributed by atoms with Crippen LogP contribution in [0.3, 0.4) is 0 Å². The van der Waals surface area contributed by atoms with Gasteiger partial charge in [0, 0.05) is 17.3 Å². The van der Waals surface area contributed by atoms with Crippen molar-refractivity contribution in [2.45, 2.75) is 6.10 Å². The third kappa shape index (κ3) is 5.13. The standard InChI is InChI=1S/C23H21NO5/c1-27-20-10-6-9-18(15-20)24-22(25)21(16-7-4-3-5-8-16)29-19-13-11-17(12-14-19)23(26)28-2/h3-15,21H,1-2H3,(H,24,25)/t21-/m0/s1. The molecule has 6 nitrogen and oxygen atoms in total. The number of anilines is 1. The van der Waals surface area contributed by atoms with Gasteiger partial charge in [-0.05, 0) is 36.4 Å². The summed E-state index contributed by atoms with van der Waals surface area (Å²) >= 11 is 0. The van der Waals surface area contributed by atoms with E-state index in [9.17, 15) is 9.59 Å². The van der Waals surface area contributed by atoms with E-state index in [1.165, 1.54) is 7.11 Å². The van der Waals surface area contributed by atoms with Crippen LogP contribution >= 0.6 is 0 Å². The Morgan fingerprint density at radius 2 is 1.55 bits per heavy atom. The fourth-order valence-corrected chi connectivity index (χ4v) is 2.73. The van der Waals surface area contributed by atoms with E-state index in [0.717, 1.165) is 0 Å². The number of benzene rings is 3. The second-order valence-electron chi connectivity index (χ2n) is 6.15. The molecule has 3 rings (SSSR count). The number of amides is 1. The van der Waals surface area contributed by atoms with Crippen LogP contribution in [0.25, 0.3) is 0 Å². The van der Waals surface area contributed by atoms with Gasteiger partial charge in [0.15, 0.2) is 0 Å². The van der Waals surface area contributed by atoms with E-state index in [4.69, 9.17) is 14.2 Å². The summed E-state index contributed by atoms with van der Waals surface area (Å²) in [6, 6.07) is 22.7. The first kappa shape index (κ1) is 19.9. The minimum absolute atomic E-state index is 0.332. The number of hydrogen-bond donors (Lipinski definition) is 1. The molecule has 1 N–H and O–H groups in total. The lowest BCUT2D eigenvalue weighted by atomic mass is 10.1. The summed E-state index contributed by atoms with van der Waals surface area (Å²) in [7, 11) is 2.88. The van der Waals surface area contributed by atoms with Crippen molar-refractivity contribution in [3.8, 4) is 11.5 Å². The summed E-state index contributed by atoms with van der Waals surface area (Å²) in [5.41, 5.74) is 1.70. The van der Waals surface area contributed by atoms with Gasteiger partial charge in [0.05, 0.1) is 19.8 Å². The molecular formula is C23H21NO5. The minimum Gasteiger partial charge on any atom is -0.497 e. The van der Waals surface area contributed by atoms with Crippen LogP contribution in [0.5, 0.6) is 11.5 Å². The summed E-state index contributed by atoms with van der Waals surface area (Å²) in [6.45, 7) is 0. The Kier molecular flexibility index (Phi) is 6.47. The molecular weight excluding hydrogens is 370 g/mol. The quantitative estimate of drug-likeness (QED) is 0.610. The second-order valence-corrected chi connectivity index (χ2v) is 6.15. The fraction of sp³-hybridized carbons (Fsp3) is 0.130. The van der Waals surface area contributed by atoms with Gasteiger partial charge in [-0.15, -0.1) is 0 Å². The Labute approximate surface area is 169 Å². The topological polar surface area (TPSA) is 73.9 Å². The molecule has 0 aliphatic heterocycles. The van der Waals surface area contributed by atoms with Crippen molar-refractivity contribution in [3.05, 3.63) is 90.0 Å². The number of carbonyl (C=O) groups excluding carboxylic acids is 2. The van der Waals surface area contributed by atoms with Crippen LogP contribution in [0.15, 0.2) is 78.9 Å². The summed E-state index contributed by atoms with van der Waals surface area (Å²) in [4.78, 5) is 24.6. The van der Waals surface area contributed by atoms with Crippen LogP contribution in [0.2, 0.25) is 0 Å². The number of carbonyl (C=O) groups is 2. The van der Waals surface area contributed by atoms with Gasteiger partial charge in [0.1, 0.15) is 11.5 Å². The summed E-state index contributed by atoms with van der Waals surface area (Å²) in [6.07, 6.45) is -0.883. The van der Waals surface area contributed by atoms with Crippen LogP contribution in [-0.4, -0.2) is 26.1 Å². The van der Waals surface area contributed by atoms with Crippen molar-refractivity contribution < 1.29 is 23.8 Å². The Morgan fingerprint density at radius 1 is 0.828 bits per heavy atom. The zero-order valence-electron chi connectivity index (χ0n) is 16.1. The predicted octanol–water partition coefficient (Wildman–Crippen LogP) is 4.24. The van der Waals surface area contributed by atoms with Crippen molar-refractivity contribution in [1.29, 1.82) is 0 Å². The van der Waals surface area contributed by atoms with Crippen LogP contribution in [0.1, 0.15) is 22.0 Å². The van der Waals surface area contributed by atoms with Gasteiger partial charge in [-0.3, -0.25) is 4.79 Å². The van der Waals surface area contributed by atoms with E-state index in [1.54, 1.807) is 55.6 Å². The lowest BCUT2D eigenvalue weighted by Crippen LogP contribution is -2.25. The number of methoxy groups -OCH3 is 2. The van der Waals surface area contributed by atoms with E-state index >= 15 is 0 Å². The molecule has 1 amide bonds. The molecule has 0 spiro atoms. The van der Waals surface area contributed by atoms with Gasteiger partial charge in [-0.2, -0.15) is 0 Å². The van der Waals surface area contributed by atoms with E-state index in [0.29, 0.717) is 28.3 Å². The largest absolute Gasteiger partial charge is 0.497 e. The molecule has 0 aliphatic rings. The van der Waals surface area contributed by atoms with Crippen molar-refractivity contribution in [2.75, 3.05) is 19.5 Å². The highest BCUT2D eigenvalue weighted by molar-refractivity contribution is 5.95. The van der Waals surface area contributed by atoms with Gasteiger partial charge < -0.3 is 19.5 Å². The number of hydrogen-bond acceptors (Lipinski definition) is 5. The fourth-order valence-electron chi connectivity index (χ4n) is 2.73. The van der Waals surface area contributed by atoms with Gasteiger partial charge >= 0.3 is 5.97 Å². The lowest BCUT2D eigenvalue weighted by molar-refractivity contribution is -0.123. The first-order chi connectivity index (χ1) is 14.1. The number of esters is 1. The van der Waals surface area contributed by atoms with E-state index < -0.39 is 12.1 Å². The summed E-state index contributed by atoms with van der Waals surface area (Å²) in [5, 5.41) is 2.86. The molecule has 3 aromatic rings. The van der Waals surface area contributed by atoms with Gasteiger partial charge in [0.25, 0.3) is 5.91 Å². The molecule has 1 atom stereocenters. The highest BCUT2D eigenvalue weighted by Gasteiger charge is 2.23. The number of rotatable bonds is 7. The molecule has 29 heavy (non-hydrogen) atoms. The highest BCUT2D eigenvalue weighted by Crippen LogP contribution is 2.25. The monoisotopic (exact) mass is 391 g/mol. The summed E-state index contributed by atoms with van der Waals surface area (Å²) < 4.78 is 15.9. The van der Waals surface area contributed by atoms with Crippen molar-refractivity contribution in [3.63, 3.8) is 0 Å². The zero-order chi connectivity index (χ0) is 20.6. The first-order valence-electron chi connectivity index (χ1n) is 8.95. The third-order valence-corrected chi connectivity index (χ3v) is 4.21. The molecule has 0 saturated heterocycles. The minimum atomic E-state index is -0.883. The molecule has 0 bridgehead atoms. The number of ether oxygens (including phenoxy) is 3. The second kappa shape index (κ2) is 9.41. The van der Waals surface area contributed by atoms with Crippen molar-refractivity contribution in [2.24, 2.45) is 0 Å². The number of nitrogens with one attached hydrogen (secondary N) is 1. The molecule has 0 fully saturated rings. The van der Waals surface area contributed by atoms with Gasteiger partial charge in [-0.1, -0.05) is 36.4 Å². The Balaban J connectivity index is 1.83. The smallest absolute Gasteiger partial charge is 0.337 e. The lowest BCUT2D eigenvalue weighted by Gasteiger charge is -2.19. The highest BCUT2D eigenvalue weighted by atomic mass is 16.5. The van der Waals surface area contributed by atoms with E-state index in [2.05, 4.69) is 5.32 Å². The first-order valence-corrected chi connectivity index (χ1v) is 8.95. The van der Waals surface area contributed by atoms with Crippen molar-refractivity contribution >= 4 is 17.6 Å². The average molecular weight is 391 g/mol. The molecule has 0 aliphatic carbocycles. The Hall–Kier alpha value is -3.80. The van der Waals surface area contributed by atoms with Crippen LogP contribution < -0.4 is 14.8 Å². The Morgan fingerprint density at radius 3 is 2.21 bits per heavy atom. The van der Waals surface area contributed by atoms with Crippen molar-refractivity contribution in [1.82, 2.24) is 0 Å². The predicted molar refractivity (Wildman–Crippen MR) is 109 cm³/mol. The van der Waals surface area contributed by atoms with Gasteiger partial charge in [-0.25, -0.2) is 4.79 Å². The molecule has 3 aromatic carbocycles. The molecule has 0 aromatic heterocycles. The maximum atomic E-state index is 13.0. The maximum Gasteiger partial charge on any atom is 0.337 e. The van der Waals surface area contributed by atoms with Crippen LogP contribution in [0, 0.1) is 0 Å². The normalized spacial score (nSPS) is 11.2. The maximum absolute atomic E-state index is 13.0. The van der Waals surface area contributed by atoms with Crippen LogP contribution in [-0.2, 0) is 9.53 Å². The van der Waals surface area contributed by atoms with E-state index in [-0.39, 0.29) is 5.91 Å². The molecule has 148 valence electrons. The molecule has 0 heterocycles.